The van der Waals surface area contributed by atoms with Crippen molar-refractivity contribution in [3.8, 4) is 22.3 Å². The summed E-state index contributed by atoms with van der Waals surface area (Å²) in [5.74, 6) is 1.48. The van der Waals surface area contributed by atoms with Gasteiger partial charge in [-0.25, -0.2) is 15.0 Å². The van der Waals surface area contributed by atoms with Crippen LogP contribution in [0.15, 0.2) is 42.0 Å². The van der Waals surface area contributed by atoms with Crippen LogP contribution in [0.3, 0.4) is 0 Å². The van der Waals surface area contributed by atoms with Crippen LogP contribution in [0, 0.1) is 11.3 Å². The molecule has 248 valence electrons. The molecule has 1 atom stereocenters. The number of halogens is 1. The lowest BCUT2D eigenvalue weighted by atomic mass is 9.75. The smallest absolute Gasteiger partial charge is 0.257 e. The van der Waals surface area contributed by atoms with Crippen molar-refractivity contribution < 1.29 is 23.9 Å². The lowest BCUT2D eigenvalue weighted by Crippen LogP contribution is -2.50. The van der Waals surface area contributed by atoms with Gasteiger partial charge in [-0.3, -0.25) is 14.4 Å². The Bertz CT molecular complexity index is 1460. The standard InChI is InChI=1S/C32H41N7O5S.ClH/c1-43-25-8-7-23-16-26(25)44-19-28(41)34-15-14-33-10-2-4-27(40)38-21-32(18-23,17-22-5-6-22)31(42)37-13-9-24-20-45-30(39-24)29-35-11-3-12-36-29;/h3,7-8,11-12,16,20,22,33H,2,4-6,9-10,13-15,17-19,21H2,1H3,(H,34,41)(H,37,42)(H,38,40);1H. The quantitative estimate of drug-likeness (QED) is 0.283. The van der Waals surface area contributed by atoms with Crippen LogP contribution in [0.25, 0.3) is 10.8 Å². The molecule has 46 heavy (non-hydrogen) atoms. The van der Waals surface area contributed by atoms with E-state index in [2.05, 4.69) is 36.2 Å². The van der Waals surface area contributed by atoms with E-state index in [0.29, 0.717) is 81.5 Å². The highest BCUT2D eigenvalue weighted by molar-refractivity contribution is 7.13. The molecule has 1 saturated carbocycles. The summed E-state index contributed by atoms with van der Waals surface area (Å²) in [6, 6.07) is 7.30. The van der Waals surface area contributed by atoms with Crippen LogP contribution in [-0.2, 0) is 27.2 Å². The monoisotopic (exact) mass is 671 g/mol. The van der Waals surface area contributed by atoms with Crippen molar-refractivity contribution in [3.05, 3.63) is 53.3 Å². The molecule has 1 fully saturated rings. The fraction of sp³-hybridized carbons (Fsp3) is 0.500. The summed E-state index contributed by atoms with van der Waals surface area (Å²) < 4.78 is 11.4. The van der Waals surface area contributed by atoms with Crippen LogP contribution in [0.4, 0.5) is 0 Å². The van der Waals surface area contributed by atoms with Crippen molar-refractivity contribution in [2.75, 3.05) is 46.4 Å². The van der Waals surface area contributed by atoms with Gasteiger partial charge in [0.25, 0.3) is 5.91 Å². The van der Waals surface area contributed by atoms with E-state index in [0.717, 1.165) is 29.1 Å². The van der Waals surface area contributed by atoms with Gasteiger partial charge in [-0.15, -0.1) is 23.7 Å². The minimum Gasteiger partial charge on any atom is -0.493 e. The summed E-state index contributed by atoms with van der Waals surface area (Å²) in [6.07, 6.45) is 8.07. The van der Waals surface area contributed by atoms with Crippen LogP contribution in [0.5, 0.6) is 11.5 Å². The minimum absolute atomic E-state index is 0. The second kappa shape index (κ2) is 17.2. The number of ether oxygens (including phenoxy) is 2. The number of amides is 3. The molecule has 1 aliphatic carbocycles. The summed E-state index contributed by atoms with van der Waals surface area (Å²) in [7, 11) is 1.55. The van der Waals surface area contributed by atoms with Crippen LogP contribution in [0.2, 0.25) is 0 Å². The fourth-order valence-corrected chi connectivity index (χ4v) is 6.23. The molecule has 12 nitrogen and oxygen atoms in total. The molecule has 3 heterocycles. The van der Waals surface area contributed by atoms with Crippen LogP contribution in [0.1, 0.15) is 43.4 Å². The number of nitrogens with zero attached hydrogens (tertiary/aromatic N) is 3. The molecule has 1 aromatic carbocycles. The molecule has 2 aromatic heterocycles. The molecule has 0 radical (unpaired) electrons. The molecular formula is C32H42ClN7O5S. The second-order valence-electron chi connectivity index (χ2n) is 11.6. The summed E-state index contributed by atoms with van der Waals surface area (Å²) >= 11 is 1.47. The third-order valence-electron chi connectivity index (χ3n) is 7.97. The van der Waals surface area contributed by atoms with Crippen molar-refractivity contribution in [1.82, 2.24) is 36.2 Å². The average molecular weight is 672 g/mol. The van der Waals surface area contributed by atoms with Crippen molar-refractivity contribution >= 4 is 41.5 Å². The predicted octanol–water partition coefficient (Wildman–Crippen LogP) is 2.71. The third-order valence-corrected chi connectivity index (χ3v) is 8.86. The van der Waals surface area contributed by atoms with Crippen molar-refractivity contribution in [2.24, 2.45) is 11.3 Å². The SMILES string of the molecule is COc1ccc2cc1OCC(=O)NCCNCCCC(=O)NCC(CC1CC1)(C(=O)NCCc1csc(-c3ncccn3)n1)C2.Cl. The van der Waals surface area contributed by atoms with Gasteiger partial charge in [0.15, 0.2) is 28.9 Å². The molecule has 1 aliphatic heterocycles. The predicted molar refractivity (Wildman–Crippen MR) is 177 cm³/mol. The maximum absolute atomic E-state index is 14.2. The largest absolute Gasteiger partial charge is 0.493 e. The lowest BCUT2D eigenvalue weighted by Gasteiger charge is -2.33. The number of fused-ring (bicyclic) bond motifs is 2. The average Bonchev–Trinajstić information content (AvgIpc) is 3.74. The highest BCUT2D eigenvalue weighted by atomic mass is 35.5. The Labute approximate surface area is 279 Å². The normalized spacial score (nSPS) is 19.7. The van der Waals surface area contributed by atoms with Gasteiger partial charge in [0.2, 0.25) is 11.8 Å². The molecular weight excluding hydrogens is 630 g/mol. The Balaban J connectivity index is 0.00000480. The molecule has 5 rings (SSSR count). The number of hydrogen-bond donors (Lipinski definition) is 4. The summed E-state index contributed by atoms with van der Waals surface area (Å²) in [5.41, 5.74) is 0.828. The topological polar surface area (TPSA) is 156 Å². The van der Waals surface area contributed by atoms with Gasteiger partial charge in [-0.2, -0.15) is 0 Å². The third kappa shape index (κ3) is 10.1. The summed E-state index contributed by atoms with van der Waals surface area (Å²) in [5, 5.41) is 15.0. The summed E-state index contributed by atoms with van der Waals surface area (Å²) in [4.78, 5) is 52.7. The molecule has 3 amide bonds. The molecule has 14 heteroatoms. The zero-order valence-electron chi connectivity index (χ0n) is 26.0. The molecule has 3 aromatic rings. The maximum Gasteiger partial charge on any atom is 0.257 e. The van der Waals surface area contributed by atoms with Crippen LogP contribution in [-0.4, -0.2) is 79.1 Å². The molecule has 1 unspecified atom stereocenters. The van der Waals surface area contributed by atoms with E-state index in [-0.39, 0.29) is 43.3 Å². The number of benzene rings is 1. The number of methoxy groups -OCH3 is 1. The van der Waals surface area contributed by atoms with Gasteiger partial charge >= 0.3 is 0 Å². The second-order valence-corrected chi connectivity index (χ2v) is 12.4. The van der Waals surface area contributed by atoms with Gasteiger partial charge in [-0.05, 0) is 55.5 Å². The van der Waals surface area contributed by atoms with E-state index in [1.807, 2.05) is 17.5 Å². The fourth-order valence-electron chi connectivity index (χ4n) is 5.43. The number of thiazole rings is 1. The number of hydrogen-bond acceptors (Lipinski definition) is 10. The molecule has 0 spiro atoms. The van der Waals surface area contributed by atoms with Crippen molar-refractivity contribution in [3.63, 3.8) is 0 Å². The Morgan fingerprint density at radius 2 is 1.96 bits per heavy atom. The van der Waals surface area contributed by atoms with Crippen molar-refractivity contribution in [2.45, 2.75) is 44.9 Å². The Morgan fingerprint density at radius 3 is 2.74 bits per heavy atom. The molecule has 2 bridgehead atoms. The van der Waals surface area contributed by atoms with E-state index in [9.17, 15) is 14.4 Å². The van der Waals surface area contributed by atoms with Gasteiger partial charge in [-0.1, -0.05) is 18.9 Å². The minimum atomic E-state index is -0.880. The van der Waals surface area contributed by atoms with Gasteiger partial charge in [0.05, 0.1) is 18.2 Å². The molecule has 4 N–H and O–H groups in total. The first kappa shape index (κ1) is 35.1. The highest BCUT2D eigenvalue weighted by Gasteiger charge is 2.43. The van der Waals surface area contributed by atoms with Crippen LogP contribution < -0.4 is 30.7 Å². The van der Waals surface area contributed by atoms with E-state index in [1.54, 1.807) is 31.6 Å². The van der Waals surface area contributed by atoms with E-state index in [1.165, 1.54) is 11.3 Å². The maximum atomic E-state index is 14.2. The number of carbonyl (C=O) groups is 3. The Morgan fingerprint density at radius 1 is 1.13 bits per heavy atom. The lowest BCUT2D eigenvalue weighted by molar-refractivity contribution is -0.132. The number of carbonyl (C=O) groups excluding carboxylic acids is 3. The number of nitrogens with one attached hydrogen (secondary N) is 4. The van der Waals surface area contributed by atoms with Gasteiger partial charge in [0.1, 0.15) is 0 Å². The van der Waals surface area contributed by atoms with E-state index in [4.69, 9.17) is 9.47 Å². The van der Waals surface area contributed by atoms with E-state index < -0.39 is 5.41 Å². The van der Waals surface area contributed by atoms with Gasteiger partial charge < -0.3 is 30.7 Å². The first-order chi connectivity index (χ1) is 21.9. The zero-order valence-corrected chi connectivity index (χ0v) is 27.6. The first-order valence-electron chi connectivity index (χ1n) is 15.5. The molecule has 2 aliphatic rings. The van der Waals surface area contributed by atoms with E-state index >= 15 is 0 Å². The first-order valence-corrected chi connectivity index (χ1v) is 16.4. The number of rotatable bonds is 8. The number of aromatic nitrogens is 3. The molecule has 0 saturated heterocycles. The van der Waals surface area contributed by atoms with Crippen molar-refractivity contribution in [1.29, 1.82) is 0 Å². The van der Waals surface area contributed by atoms with Gasteiger partial charge in [0, 0.05) is 56.8 Å². The van der Waals surface area contributed by atoms with Crippen LogP contribution >= 0.6 is 23.7 Å². The highest BCUT2D eigenvalue weighted by Crippen LogP contribution is 2.43. The zero-order chi connectivity index (χ0) is 31.5. The summed E-state index contributed by atoms with van der Waals surface area (Å²) in [6.45, 7) is 2.14. The Hall–Kier alpha value is -3.81. The Kier molecular flexibility index (Phi) is 13.1.